The summed E-state index contributed by atoms with van der Waals surface area (Å²) in [6, 6.07) is 9.47. The van der Waals surface area contributed by atoms with E-state index in [9.17, 15) is 10.2 Å². The van der Waals surface area contributed by atoms with Gasteiger partial charge in [0.05, 0.1) is 12.2 Å². The van der Waals surface area contributed by atoms with Gasteiger partial charge in [-0.25, -0.2) is 0 Å². The molecule has 3 atom stereocenters. The van der Waals surface area contributed by atoms with E-state index in [1.165, 1.54) is 0 Å². The zero-order valence-electron chi connectivity index (χ0n) is 9.59. The number of hydrogen-bond acceptors (Lipinski definition) is 2. The highest BCUT2D eigenvalue weighted by Crippen LogP contribution is 2.27. The Morgan fingerprint density at radius 2 is 1.47 bits per heavy atom. The Morgan fingerprint density at radius 3 is 1.93 bits per heavy atom. The molecule has 1 unspecified atom stereocenters. The lowest BCUT2D eigenvalue weighted by atomic mass is 9.87. The summed E-state index contributed by atoms with van der Waals surface area (Å²) in [5.41, 5.74) is 0.865. The molecule has 0 radical (unpaired) electrons. The second kappa shape index (κ2) is 5.29. The molecule has 15 heavy (non-hydrogen) atoms. The maximum absolute atomic E-state index is 10.0. The molecule has 0 spiro atoms. The molecule has 1 aromatic rings. The molecule has 84 valence electrons. The lowest BCUT2D eigenvalue weighted by Crippen LogP contribution is -2.28. The van der Waals surface area contributed by atoms with Gasteiger partial charge in [-0.1, -0.05) is 51.1 Å². The molecule has 0 saturated carbocycles. The van der Waals surface area contributed by atoms with Gasteiger partial charge in [-0.3, -0.25) is 0 Å². The normalized spacial score (nSPS) is 17.5. The molecular weight excluding hydrogens is 188 g/mol. The highest BCUT2D eigenvalue weighted by molar-refractivity contribution is 5.18. The second-order valence-electron chi connectivity index (χ2n) is 4.45. The smallest absolute Gasteiger partial charge is 0.0840 e. The standard InChI is InChI=1S/C13H20O2/c1-9(2)12(14)10(3)13(15)11-7-5-4-6-8-11/h4-10,12-15H,1-3H3/t10-,12+,13?/m1/s1. The molecular formula is C13H20O2. The van der Waals surface area contributed by atoms with Crippen molar-refractivity contribution in [1.29, 1.82) is 0 Å². The molecule has 0 aliphatic heterocycles. The van der Waals surface area contributed by atoms with Crippen LogP contribution in [0.2, 0.25) is 0 Å². The number of hydrogen-bond donors (Lipinski definition) is 2. The summed E-state index contributed by atoms with van der Waals surface area (Å²) in [5, 5.41) is 19.9. The molecule has 0 saturated heterocycles. The molecule has 0 aliphatic rings. The topological polar surface area (TPSA) is 40.5 Å². The van der Waals surface area contributed by atoms with Gasteiger partial charge in [-0.15, -0.1) is 0 Å². The van der Waals surface area contributed by atoms with Crippen molar-refractivity contribution in [2.45, 2.75) is 33.0 Å². The van der Waals surface area contributed by atoms with Crippen LogP contribution in [0, 0.1) is 11.8 Å². The van der Waals surface area contributed by atoms with Gasteiger partial charge in [0.2, 0.25) is 0 Å². The first-order chi connectivity index (χ1) is 7.04. The van der Waals surface area contributed by atoms with Crippen molar-refractivity contribution in [3.8, 4) is 0 Å². The maximum atomic E-state index is 10.0. The first-order valence-electron chi connectivity index (χ1n) is 5.45. The Balaban J connectivity index is 2.73. The third-order valence-corrected chi connectivity index (χ3v) is 2.86. The second-order valence-corrected chi connectivity index (χ2v) is 4.45. The minimum absolute atomic E-state index is 0.146. The highest BCUT2D eigenvalue weighted by atomic mass is 16.3. The molecule has 0 amide bonds. The first kappa shape index (κ1) is 12.2. The fourth-order valence-corrected chi connectivity index (χ4v) is 1.75. The zero-order chi connectivity index (χ0) is 11.4. The van der Waals surface area contributed by atoms with Crippen LogP contribution in [-0.4, -0.2) is 16.3 Å². The molecule has 0 bridgehead atoms. The van der Waals surface area contributed by atoms with Crippen molar-refractivity contribution in [1.82, 2.24) is 0 Å². The van der Waals surface area contributed by atoms with Crippen molar-refractivity contribution in [2.75, 3.05) is 0 Å². The van der Waals surface area contributed by atoms with Crippen molar-refractivity contribution in [3.63, 3.8) is 0 Å². The van der Waals surface area contributed by atoms with E-state index in [0.717, 1.165) is 5.56 Å². The van der Waals surface area contributed by atoms with E-state index in [-0.39, 0.29) is 11.8 Å². The van der Waals surface area contributed by atoms with Crippen LogP contribution < -0.4 is 0 Å². The average Bonchev–Trinajstić information content (AvgIpc) is 2.27. The van der Waals surface area contributed by atoms with E-state index in [2.05, 4.69) is 0 Å². The summed E-state index contributed by atoms with van der Waals surface area (Å²) >= 11 is 0. The molecule has 0 aliphatic carbocycles. The van der Waals surface area contributed by atoms with Crippen LogP contribution in [0.1, 0.15) is 32.4 Å². The van der Waals surface area contributed by atoms with Gasteiger partial charge in [0.1, 0.15) is 0 Å². The summed E-state index contributed by atoms with van der Waals surface area (Å²) in [4.78, 5) is 0. The van der Waals surface area contributed by atoms with E-state index < -0.39 is 12.2 Å². The third-order valence-electron chi connectivity index (χ3n) is 2.86. The van der Waals surface area contributed by atoms with Gasteiger partial charge in [-0.05, 0) is 11.5 Å². The predicted octanol–water partition coefficient (Wildman–Crippen LogP) is 2.37. The number of rotatable bonds is 4. The first-order valence-corrected chi connectivity index (χ1v) is 5.45. The van der Waals surface area contributed by atoms with Crippen LogP contribution in [0.15, 0.2) is 30.3 Å². The molecule has 1 rings (SSSR count). The number of aliphatic hydroxyl groups excluding tert-OH is 2. The van der Waals surface area contributed by atoms with E-state index in [1.807, 2.05) is 51.1 Å². The van der Waals surface area contributed by atoms with E-state index in [0.29, 0.717) is 0 Å². The zero-order valence-corrected chi connectivity index (χ0v) is 9.59. The van der Waals surface area contributed by atoms with Crippen molar-refractivity contribution in [2.24, 2.45) is 11.8 Å². The molecule has 2 heteroatoms. The number of benzene rings is 1. The molecule has 1 aromatic carbocycles. The van der Waals surface area contributed by atoms with Gasteiger partial charge < -0.3 is 10.2 Å². The van der Waals surface area contributed by atoms with Crippen LogP contribution in [0.25, 0.3) is 0 Å². The minimum atomic E-state index is -0.594. The summed E-state index contributed by atoms with van der Waals surface area (Å²) < 4.78 is 0. The Hall–Kier alpha value is -0.860. The predicted molar refractivity (Wildman–Crippen MR) is 61.4 cm³/mol. The van der Waals surface area contributed by atoms with Gasteiger partial charge in [0.25, 0.3) is 0 Å². The largest absolute Gasteiger partial charge is 0.392 e. The van der Waals surface area contributed by atoms with Crippen molar-refractivity contribution >= 4 is 0 Å². The van der Waals surface area contributed by atoms with Crippen LogP contribution in [-0.2, 0) is 0 Å². The summed E-state index contributed by atoms with van der Waals surface area (Å²) in [5.74, 6) is 0.0192. The molecule has 0 fully saturated rings. The Kier molecular flexibility index (Phi) is 4.30. The van der Waals surface area contributed by atoms with Crippen LogP contribution in [0.4, 0.5) is 0 Å². The monoisotopic (exact) mass is 208 g/mol. The summed E-state index contributed by atoms with van der Waals surface area (Å²) in [6.07, 6.45) is -1.07. The minimum Gasteiger partial charge on any atom is -0.392 e. The fourth-order valence-electron chi connectivity index (χ4n) is 1.75. The molecule has 2 N–H and O–H groups in total. The van der Waals surface area contributed by atoms with Crippen LogP contribution in [0.5, 0.6) is 0 Å². The number of aliphatic hydroxyl groups is 2. The summed E-state index contributed by atoms with van der Waals surface area (Å²) in [7, 11) is 0. The lowest BCUT2D eigenvalue weighted by molar-refractivity contribution is -0.00309. The Bertz CT molecular complexity index is 282. The quantitative estimate of drug-likeness (QED) is 0.797. The van der Waals surface area contributed by atoms with Gasteiger partial charge in [0, 0.05) is 5.92 Å². The fraction of sp³-hybridized carbons (Fsp3) is 0.538. The Morgan fingerprint density at radius 1 is 0.933 bits per heavy atom. The lowest BCUT2D eigenvalue weighted by Gasteiger charge is -2.26. The molecule has 2 nitrogen and oxygen atoms in total. The highest BCUT2D eigenvalue weighted by Gasteiger charge is 2.25. The average molecular weight is 208 g/mol. The third kappa shape index (κ3) is 3.05. The van der Waals surface area contributed by atoms with Crippen molar-refractivity contribution in [3.05, 3.63) is 35.9 Å². The van der Waals surface area contributed by atoms with Crippen molar-refractivity contribution < 1.29 is 10.2 Å². The SMILES string of the molecule is CC(C)[C@H](O)[C@@H](C)C(O)c1ccccc1. The van der Waals surface area contributed by atoms with Crippen LogP contribution in [0.3, 0.4) is 0 Å². The molecule has 0 heterocycles. The van der Waals surface area contributed by atoms with E-state index >= 15 is 0 Å². The summed E-state index contributed by atoms with van der Waals surface area (Å²) in [6.45, 7) is 5.79. The van der Waals surface area contributed by atoms with Gasteiger partial charge in [0.15, 0.2) is 0 Å². The van der Waals surface area contributed by atoms with E-state index in [4.69, 9.17) is 0 Å². The molecule has 0 aromatic heterocycles. The Labute approximate surface area is 91.6 Å². The van der Waals surface area contributed by atoms with E-state index in [1.54, 1.807) is 0 Å². The van der Waals surface area contributed by atoms with Gasteiger partial charge in [-0.2, -0.15) is 0 Å². The van der Waals surface area contributed by atoms with Gasteiger partial charge >= 0.3 is 0 Å². The maximum Gasteiger partial charge on any atom is 0.0840 e. The van der Waals surface area contributed by atoms with Crippen LogP contribution >= 0.6 is 0 Å².